The van der Waals surface area contributed by atoms with Gasteiger partial charge in [0.05, 0.1) is 17.1 Å². The molecule has 0 aliphatic rings. The maximum Gasteiger partial charge on any atom is 0.323 e. The molecule has 11 heteroatoms. The molecule has 3 aromatic heterocycles. The molecule has 2 N–H and O–H groups in total. The van der Waals surface area contributed by atoms with Gasteiger partial charge in [0.1, 0.15) is 23.1 Å². The van der Waals surface area contributed by atoms with Gasteiger partial charge in [-0.05, 0) is 50.1 Å². The highest BCUT2D eigenvalue weighted by Crippen LogP contribution is 2.32. The molecular weight excluding hydrogens is 550 g/mol. The normalized spacial score (nSPS) is 11.2. The number of nitrogens with one attached hydrogen (secondary N) is 1. The van der Waals surface area contributed by atoms with Crippen LogP contribution in [0.5, 0.6) is 0 Å². The molecule has 2 aromatic carbocycles. The van der Waals surface area contributed by atoms with Gasteiger partial charge in [-0.2, -0.15) is 0 Å². The number of halogens is 1. The number of aryl methyl sites for hydroxylation is 3. The number of carbonyl (C=O) groups is 3. The highest BCUT2D eigenvalue weighted by atomic mass is 35.5. The van der Waals surface area contributed by atoms with Crippen molar-refractivity contribution in [3.8, 4) is 5.00 Å². The van der Waals surface area contributed by atoms with Gasteiger partial charge in [-0.3, -0.25) is 19.0 Å². The number of carbonyl (C=O) groups excluding carboxylic acids is 2. The third kappa shape index (κ3) is 4.91. The molecule has 0 saturated carbocycles. The van der Waals surface area contributed by atoms with Crippen LogP contribution in [0.3, 0.4) is 0 Å². The molecule has 3 heterocycles. The molecule has 0 radical (unpaired) electrons. The highest BCUT2D eigenvalue weighted by Gasteiger charge is 2.25. The second-order valence-electron chi connectivity index (χ2n) is 9.25. The van der Waals surface area contributed by atoms with Crippen LogP contribution in [0.15, 0.2) is 54.6 Å². The summed E-state index contributed by atoms with van der Waals surface area (Å²) in [6.45, 7) is 5.24. The lowest BCUT2D eigenvalue weighted by atomic mass is 10.0. The first kappa shape index (κ1) is 27.3. The Hall–Kier alpha value is -4.28. The number of nitrogens with zero attached hydrogens (tertiary/aromatic N) is 4. The fourth-order valence-electron chi connectivity index (χ4n) is 4.82. The van der Waals surface area contributed by atoms with Crippen LogP contribution in [0, 0.1) is 13.8 Å². The molecule has 0 atom stereocenters. The Labute approximate surface area is 239 Å². The lowest BCUT2D eigenvalue weighted by Gasteiger charge is -2.12. The molecule has 5 rings (SSSR count). The van der Waals surface area contributed by atoms with Gasteiger partial charge < -0.3 is 15.0 Å². The van der Waals surface area contributed by atoms with Crippen LogP contribution in [0.2, 0.25) is 5.02 Å². The van der Waals surface area contributed by atoms with E-state index in [1.807, 2.05) is 25.1 Å². The summed E-state index contributed by atoms with van der Waals surface area (Å²) in [6, 6.07) is 16.1. The molecule has 5 aromatic rings. The molecule has 204 valence electrons. The summed E-state index contributed by atoms with van der Waals surface area (Å²) in [5.41, 5.74) is 2.49. The van der Waals surface area contributed by atoms with Crippen molar-refractivity contribution in [1.82, 2.24) is 24.6 Å². The maximum atomic E-state index is 13.6. The Kier molecular flexibility index (Phi) is 7.55. The minimum atomic E-state index is -1.05. The topological polar surface area (TPSA) is 119 Å². The number of carboxylic acid groups (broad SMARTS) is 1. The summed E-state index contributed by atoms with van der Waals surface area (Å²) in [6.07, 6.45) is 0.730. The first-order valence-corrected chi connectivity index (χ1v) is 13.8. The summed E-state index contributed by atoms with van der Waals surface area (Å²) in [4.78, 5) is 39.7. The first-order valence-electron chi connectivity index (χ1n) is 12.6. The van der Waals surface area contributed by atoms with Crippen molar-refractivity contribution in [2.45, 2.75) is 40.3 Å². The number of fused-ring (bicyclic) bond motifs is 1. The van der Waals surface area contributed by atoms with Gasteiger partial charge in [-0.15, -0.1) is 21.5 Å². The molecule has 0 saturated heterocycles. The van der Waals surface area contributed by atoms with Crippen molar-refractivity contribution in [3.63, 3.8) is 0 Å². The van der Waals surface area contributed by atoms with E-state index in [0.717, 1.165) is 16.7 Å². The van der Waals surface area contributed by atoms with Crippen LogP contribution in [0.25, 0.3) is 15.9 Å². The van der Waals surface area contributed by atoms with Crippen LogP contribution in [-0.4, -0.2) is 42.1 Å². The summed E-state index contributed by atoms with van der Waals surface area (Å²) >= 11 is 7.80. The van der Waals surface area contributed by atoms with Gasteiger partial charge in [0.25, 0.3) is 5.91 Å². The predicted octanol–water partition coefficient (Wildman–Crippen LogP) is 5.36. The molecular formula is C29H26ClN5O4S. The Balaban J connectivity index is 1.50. The number of thiophene rings is 1. The lowest BCUT2D eigenvalue weighted by Crippen LogP contribution is -2.28. The molecule has 0 unspecified atom stereocenters. The summed E-state index contributed by atoms with van der Waals surface area (Å²) in [7, 11) is 0. The van der Waals surface area contributed by atoms with Crippen LogP contribution < -0.4 is 5.32 Å². The van der Waals surface area contributed by atoms with Crippen LogP contribution in [0.1, 0.15) is 55.4 Å². The van der Waals surface area contributed by atoms with Crippen molar-refractivity contribution in [2.24, 2.45) is 0 Å². The van der Waals surface area contributed by atoms with E-state index in [0.29, 0.717) is 43.9 Å². The number of amides is 1. The number of benzene rings is 2. The van der Waals surface area contributed by atoms with E-state index in [9.17, 15) is 19.5 Å². The zero-order chi connectivity index (χ0) is 28.6. The molecule has 0 bridgehead atoms. The predicted molar refractivity (Wildman–Crippen MR) is 154 cm³/mol. The third-order valence-electron chi connectivity index (χ3n) is 6.71. The summed E-state index contributed by atoms with van der Waals surface area (Å²) in [5.74, 6) is -0.714. The molecule has 0 fully saturated rings. The van der Waals surface area contributed by atoms with Gasteiger partial charge in [0, 0.05) is 21.3 Å². The number of aliphatic carboxylic acids is 1. The zero-order valence-electron chi connectivity index (χ0n) is 22.1. The van der Waals surface area contributed by atoms with Gasteiger partial charge in [-0.1, -0.05) is 48.9 Å². The number of para-hydroxylation sites is 1. The van der Waals surface area contributed by atoms with E-state index < -0.39 is 11.9 Å². The lowest BCUT2D eigenvalue weighted by molar-refractivity contribution is -0.137. The third-order valence-corrected chi connectivity index (χ3v) is 8.30. The SMILES string of the molecule is CCc1cc(C(=O)c2ccccc2Cl)c(-n2c(C)nnc2CNC(=O)c2c(C)c3ccccc3n2CC(=O)O)s1. The second-order valence-corrected chi connectivity index (χ2v) is 10.8. The average molecular weight is 576 g/mol. The molecule has 0 spiro atoms. The van der Waals surface area contributed by atoms with Crippen molar-refractivity contribution >= 4 is 51.5 Å². The quantitative estimate of drug-likeness (QED) is 0.228. The average Bonchev–Trinajstić information content (AvgIpc) is 3.60. The van der Waals surface area contributed by atoms with Crippen LogP contribution in [-0.2, 0) is 24.3 Å². The van der Waals surface area contributed by atoms with E-state index in [1.165, 1.54) is 15.9 Å². The Morgan fingerprint density at radius 1 is 1.02 bits per heavy atom. The molecule has 0 aliphatic heterocycles. The van der Waals surface area contributed by atoms with Gasteiger partial charge in [-0.25, -0.2) is 0 Å². The van der Waals surface area contributed by atoms with E-state index in [4.69, 9.17) is 11.6 Å². The largest absolute Gasteiger partial charge is 0.480 e. The van der Waals surface area contributed by atoms with E-state index in [2.05, 4.69) is 15.5 Å². The Morgan fingerprint density at radius 2 is 1.75 bits per heavy atom. The van der Waals surface area contributed by atoms with E-state index in [1.54, 1.807) is 54.8 Å². The van der Waals surface area contributed by atoms with Crippen molar-refractivity contribution in [3.05, 3.63) is 98.5 Å². The van der Waals surface area contributed by atoms with Crippen molar-refractivity contribution in [1.29, 1.82) is 0 Å². The van der Waals surface area contributed by atoms with E-state index >= 15 is 0 Å². The van der Waals surface area contributed by atoms with E-state index in [-0.39, 0.29) is 24.6 Å². The molecule has 40 heavy (non-hydrogen) atoms. The summed E-state index contributed by atoms with van der Waals surface area (Å²) < 4.78 is 3.28. The first-order chi connectivity index (χ1) is 19.2. The zero-order valence-corrected chi connectivity index (χ0v) is 23.6. The fourth-order valence-corrected chi connectivity index (χ4v) is 6.20. The minimum Gasteiger partial charge on any atom is -0.480 e. The number of hydrogen-bond acceptors (Lipinski definition) is 6. The maximum absolute atomic E-state index is 13.6. The smallest absolute Gasteiger partial charge is 0.323 e. The number of rotatable bonds is 9. The van der Waals surface area contributed by atoms with Crippen molar-refractivity contribution < 1.29 is 19.5 Å². The van der Waals surface area contributed by atoms with Crippen LogP contribution in [0.4, 0.5) is 0 Å². The standard InChI is InChI=1S/C29H26ClN5O4S/c1-4-18-13-21(27(38)20-10-5-7-11-22(20)30)29(40-18)35-17(3)32-33-24(35)14-31-28(39)26-16(2)19-9-6-8-12-23(19)34(26)15-25(36)37/h5-13H,4,14-15H2,1-3H3,(H,31,39)(H,36,37). The van der Waals surface area contributed by atoms with Gasteiger partial charge in [0.15, 0.2) is 11.6 Å². The minimum absolute atomic E-state index is 0.00674. The second kappa shape index (κ2) is 11.1. The molecule has 1 amide bonds. The van der Waals surface area contributed by atoms with Gasteiger partial charge in [0.2, 0.25) is 0 Å². The Bertz CT molecular complexity index is 1780. The summed E-state index contributed by atoms with van der Waals surface area (Å²) in [5, 5.41) is 22.7. The monoisotopic (exact) mass is 575 g/mol. The number of ketones is 1. The van der Waals surface area contributed by atoms with Crippen molar-refractivity contribution in [2.75, 3.05) is 0 Å². The number of aromatic nitrogens is 4. The number of hydrogen-bond donors (Lipinski definition) is 2. The fraction of sp³-hybridized carbons (Fsp3) is 0.207. The number of carboxylic acids is 1. The Morgan fingerprint density at radius 3 is 2.48 bits per heavy atom. The van der Waals surface area contributed by atoms with Crippen LogP contribution >= 0.6 is 22.9 Å². The van der Waals surface area contributed by atoms with Gasteiger partial charge >= 0.3 is 5.97 Å². The molecule has 0 aliphatic carbocycles. The highest BCUT2D eigenvalue weighted by molar-refractivity contribution is 7.15. The molecule has 9 nitrogen and oxygen atoms in total.